The fourth-order valence-corrected chi connectivity index (χ4v) is 5.02. The molecule has 0 spiro atoms. The lowest BCUT2D eigenvalue weighted by Crippen LogP contribution is -2.27. The van der Waals surface area contributed by atoms with Crippen LogP contribution in [-0.4, -0.2) is 32.7 Å². The van der Waals surface area contributed by atoms with E-state index in [4.69, 9.17) is 38.4 Å². The van der Waals surface area contributed by atoms with Crippen LogP contribution in [0.5, 0.6) is 0 Å². The summed E-state index contributed by atoms with van der Waals surface area (Å²) < 4.78 is 0. The summed E-state index contributed by atoms with van der Waals surface area (Å²) in [4.78, 5) is 29.2. The standard InChI is InChI=1S/C29H23Cl2N3O3/c1-17-28(29(19-8-12-21(31)13-9-19)22-4-2-3-5-23(22)32-17)24-16-25(18-6-10-20(30)11-7-18)34(33-24)26(35)14-15-27(36)37/h2-13,25H,14-16H2,1H3,(H,36,37). The fraction of sp³-hybridized carbons (Fsp3) is 0.172. The third kappa shape index (κ3) is 5.08. The summed E-state index contributed by atoms with van der Waals surface area (Å²) in [6.45, 7) is 1.94. The molecule has 5 rings (SSSR count). The quantitative estimate of drug-likeness (QED) is 0.288. The third-order valence-electron chi connectivity index (χ3n) is 6.47. The minimum Gasteiger partial charge on any atom is -0.481 e. The van der Waals surface area contributed by atoms with Crippen LogP contribution in [0.3, 0.4) is 0 Å². The van der Waals surface area contributed by atoms with Crippen molar-refractivity contribution < 1.29 is 14.7 Å². The average molecular weight is 532 g/mol. The van der Waals surface area contributed by atoms with E-state index in [9.17, 15) is 9.59 Å². The van der Waals surface area contributed by atoms with Gasteiger partial charge in [-0.05, 0) is 48.4 Å². The Hall–Kier alpha value is -3.74. The predicted molar refractivity (Wildman–Crippen MR) is 146 cm³/mol. The number of carboxylic acid groups (broad SMARTS) is 1. The van der Waals surface area contributed by atoms with Crippen LogP contribution in [-0.2, 0) is 9.59 Å². The first-order valence-electron chi connectivity index (χ1n) is 11.8. The van der Waals surface area contributed by atoms with Crippen LogP contribution in [0.4, 0.5) is 0 Å². The van der Waals surface area contributed by atoms with Gasteiger partial charge in [-0.1, -0.05) is 65.7 Å². The van der Waals surface area contributed by atoms with E-state index >= 15 is 0 Å². The number of amides is 1. The Balaban J connectivity index is 1.67. The number of pyridine rings is 1. The van der Waals surface area contributed by atoms with Gasteiger partial charge < -0.3 is 5.11 Å². The lowest BCUT2D eigenvalue weighted by Gasteiger charge is -2.22. The van der Waals surface area contributed by atoms with E-state index in [0.29, 0.717) is 22.2 Å². The van der Waals surface area contributed by atoms with E-state index < -0.39 is 12.0 Å². The molecule has 2 heterocycles. The number of hydrazone groups is 1. The zero-order valence-electron chi connectivity index (χ0n) is 20.0. The predicted octanol–water partition coefficient (Wildman–Crippen LogP) is 7.06. The molecule has 4 aromatic rings. The van der Waals surface area contributed by atoms with Gasteiger partial charge in [0.05, 0.1) is 23.7 Å². The van der Waals surface area contributed by atoms with Crippen LogP contribution in [0.2, 0.25) is 10.0 Å². The maximum absolute atomic E-state index is 13.2. The highest BCUT2D eigenvalue weighted by molar-refractivity contribution is 6.31. The molecule has 0 aliphatic carbocycles. The fourth-order valence-electron chi connectivity index (χ4n) is 4.77. The second-order valence-electron chi connectivity index (χ2n) is 8.92. The van der Waals surface area contributed by atoms with Crippen molar-refractivity contribution >= 4 is 51.7 Å². The Morgan fingerprint density at radius 2 is 1.57 bits per heavy atom. The van der Waals surface area contributed by atoms with Crippen LogP contribution in [0.25, 0.3) is 22.0 Å². The van der Waals surface area contributed by atoms with E-state index in [-0.39, 0.29) is 18.7 Å². The highest BCUT2D eigenvalue weighted by atomic mass is 35.5. The molecule has 1 amide bonds. The highest BCUT2D eigenvalue weighted by Gasteiger charge is 2.35. The van der Waals surface area contributed by atoms with Gasteiger partial charge >= 0.3 is 5.97 Å². The second-order valence-corrected chi connectivity index (χ2v) is 9.79. The van der Waals surface area contributed by atoms with Crippen molar-refractivity contribution in [1.29, 1.82) is 0 Å². The largest absolute Gasteiger partial charge is 0.481 e. The Labute approximate surface area is 224 Å². The number of aliphatic carboxylic acids is 1. The number of aromatic nitrogens is 1. The first-order chi connectivity index (χ1) is 17.8. The van der Waals surface area contributed by atoms with Gasteiger partial charge in [0.15, 0.2) is 0 Å². The van der Waals surface area contributed by atoms with Crippen LogP contribution in [0.1, 0.15) is 42.1 Å². The number of carboxylic acids is 1. The van der Waals surface area contributed by atoms with E-state index in [2.05, 4.69) is 0 Å². The van der Waals surface area contributed by atoms with E-state index in [0.717, 1.165) is 38.9 Å². The number of rotatable bonds is 6. The molecule has 1 aromatic heterocycles. The van der Waals surface area contributed by atoms with Crippen molar-refractivity contribution in [2.75, 3.05) is 0 Å². The van der Waals surface area contributed by atoms with Crippen LogP contribution >= 0.6 is 23.2 Å². The summed E-state index contributed by atoms with van der Waals surface area (Å²) >= 11 is 12.3. The molecule has 0 saturated carbocycles. The number of halogens is 2. The first kappa shape index (κ1) is 24.9. The molecular weight excluding hydrogens is 509 g/mol. The van der Waals surface area contributed by atoms with Crippen molar-refractivity contribution in [3.05, 3.63) is 99.7 Å². The molecule has 3 aromatic carbocycles. The summed E-state index contributed by atoms with van der Waals surface area (Å²) in [5, 5.41) is 17.5. The number of nitrogens with zero attached hydrogens (tertiary/aromatic N) is 3. The van der Waals surface area contributed by atoms with Gasteiger partial charge in [-0.2, -0.15) is 5.10 Å². The van der Waals surface area contributed by atoms with Crippen molar-refractivity contribution in [1.82, 2.24) is 9.99 Å². The maximum Gasteiger partial charge on any atom is 0.303 e. The molecule has 37 heavy (non-hydrogen) atoms. The topological polar surface area (TPSA) is 82.9 Å². The van der Waals surface area contributed by atoms with Gasteiger partial charge in [0, 0.05) is 45.1 Å². The zero-order valence-corrected chi connectivity index (χ0v) is 21.5. The molecule has 6 nitrogen and oxygen atoms in total. The Morgan fingerprint density at radius 1 is 0.919 bits per heavy atom. The molecule has 186 valence electrons. The molecule has 8 heteroatoms. The Morgan fingerprint density at radius 3 is 2.24 bits per heavy atom. The van der Waals surface area contributed by atoms with E-state index in [1.54, 1.807) is 12.1 Å². The van der Waals surface area contributed by atoms with Crippen molar-refractivity contribution in [3.8, 4) is 11.1 Å². The summed E-state index contributed by atoms with van der Waals surface area (Å²) in [6.07, 6.45) is 0.0389. The van der Waals surface area contributed by atoms with E-state index in [1.807, 2.05) is 67.6 Å². The number of fused-ring (bicyclic) bond motifs is 1. The molecule has 1 aliphatic heterocycles. The number of hydrogen-bond donors (Lipinski definition) is 1. The Kier molecular flexibility index (Phi) is 6.96. The molecule has 1 atom stereocenters. The van der Waals surface area contributed by atoms with Crippen LogP contribution in [0, 0.1) is 6.92 Å². The van der Waals surface area contributed by atoms with E-state index in [1.165, 1.54) is 5.01 Å². The lowest BCUT2D eigenvalue weighted by atomic mass is 9.89. The molecule has 1 N–H and O–H groups in total. The summed E-state index contributed by atoms with van der Waals surface area (Å²) in [5.74, 6) is -1.38. The number of benzene rings is 3. The number of para-hydroxylation sites is 1. The van der Waals surface area contributed by atoms with Gasteiger partial charge in [-0.15, -0.1) is 0 Å². The minimum absolute atomic E-state index is 0.144. The second kappa shape index (κ2) is 10.3. The summed E-state index contributed by atoms with van der Waals surface area (Å²) in [6, 6.07) is 22.4. The van der Waals surface area contributed by atoms with Crippen molar-refractivity contribution in [2.24, 2.45) is 5.10 Å². The maximum atomic E-state index is 13.2. The average Bonchev–Trinajstić information content (AvgIpc) is 3.32. The van der Waals surface area contributed by atoms with Gasteiger partial charge in [0.1, 0.15) is 0 Å². The molecule has 1 aliphatic rings. The van der Waals surface area contributed by atoms with Gasteiger partial charge in [-0.3, -0.25) is 14.6 Å². The molecular formula is C29H23Cl2N3O3. The third-order valence-corrected chi connectivity index (χ3v) is 6.97. The summed E-state index contributed by atoms with van der Waals surface area (Å²) in [5.41, 5.74) is 6.01. The SMILES string of the molecule is Cc1nc2ccccc2c(-c2ccc(Cl)cc2)c1C1=NN(C(=O)CCC(=O)O)C(c2ccc(Cl)cc2)C1. The van der Waals surface area contributed by atoms with Gasteiger partial charge in [0.25, 0.3) is 0 Å². The number of carbonyl (C=O) groups is 2. The minimum atomic E-state index is -1.03. The van der Waals surface area contributed by atoms with Crippen molar-refractivity contribution in [3.63, 3.8) is 0 Å². The highest BCUT2D eigenvalue weighted by Crippen LogP contribution is 2.40. The smallest absolute Gasteiger partial charge is 0.303 e. The van der Waals surface area contributed by atoms with Crippen LogP contribution in [0.15, 0.2) is 77.9 Å². The number of aryl methyl sites for hydroxylation is 1. The lowest BCUT2D eigenvalue weighted by molar-refractivity contribution is -0.141. The first-order valence-corrected chi connectivity index (χ1v) is 12.6. The normalized spacial score (nSPS) is 15.2. The zero-order chi connectivity index (χ0) is 26.1. The summed E-state index contributed by atoms with van der Waals surface area (Å²) in [7, 11) is 0. The Bertz CT molecular complexity index is 1530. The molecule has 0 saturated heterocycles. The monoisotopic (exact) mass is 531 g/mol. The number of carbonyl (C=O) groups excluding carboxylic acids is 1. The van der Waals surface area contributed by atoms with Crippen LogP contribution < -0.4 is 0 Å². The molecule has 0 bridgehead atoms. The van der Waals surface area contributed by atoms with Crippen molar-refractivity contribution in [2.45, 2.75) is 32.2 Å². The molecule has 0 radical (unpaired) electrons. The van der Waals surface area contributed by atoms with Gasteiger partial charge in [-0.25, -0.2) is 5.01 Å². The number of hydrogen-bond acceptors (Lipinski definition) is 4. The van der Waals surface area contributed by atoms with Gasteiger partial charge in [0.2, 0.25) is 5.91 Å². The molecule has 1 unspecified atom stereocenters. The molecule has 0 fully saturated rings.